The molecule has 0 bridgehead atoms. The van der Waals surface area contributed by atoms with Crippen molar-refractivity contribution < 1.29 is 85.3 Å². The lowest BCUT2D eigenvalue weighted by atomic mass is 9.80. The maximum Gasteiger partial charge on any atom is 0.229 e. The van der Waals surface area contributed by atoms with E-state index in [2.05, 4.69) is 0 Å². The van der Waals surface area contributed by atoms with E-state index in [-0.39, 0.29) is 45.4 Å². The van der Waals surface area contributed by atoms with Gasteiger partial charge in [-0.25, -0.2) is 0 Å². The molecule has 0 amide bonds. The summed E-state index contributed by atoms with van der Waals surface area (Å²) in [6.07, 6.45) is -15.2. The molecule has 0 spiro atoms. The molecule has 306 valence electrons. The van der Waals surface area contributed by atoms with Crippen LogP contribution in [0, 0.1) is 0 Å². The van der Waals surface area contributed by atoms with Crippen LogP contribution < -0.4 is 9.47 Å². The minimum atomic E-state index is -1.88. The summed E-state index contributed by atoms with van der Waals surface area (Å²) in [6, 6.07) is 17.8. The third-order valence-corrected chi connectivity index (χ3v) is 9.83. The molecule has 2 heterocycles. The van der Waals surface area contributed by atoms with E-state index in [1.165, 1.54) is 54.6 Å². The van der Waals surface area contributed by atoms with Crippen LogP contribution in [-0.2, 0) is 9.47 Å². The average molecular weight is 797 g/mol. The van der Waals surface area contributed by atoms with Crippen molar-refractivity contribution in [1.29, 1.82) is 0 Å². The van der Waals surface area contributed by atoms with Crippen LogP contribution in [0.15, 0.2) is 78.9 Å². The molecule has 17 heteroatoms. The summed E-state index contributed by atoms with van der Waals surface area (Å²) in [5.74, 6) is -2.59. The Hall–Kier alpha value is -5.02. The maximum absolute atomic E-state index is 12.4. The first-order valence-corrected chi connectivity index (χ1v) is 17.8. The van der Waals surface area contributed by atoms with E-state index in [0.29, 0.717) is 11.1 Å². The number of rotatable bonds is 12. The van der Waals surface area contributed by atoms with E-state index in [9.17, 15) is 66.4 Å². The van der Waals surface area contributed by atoms with E-state index in [0.717, 1.165) is 12.1 Å². The van der Waals surface area contributed by atoms with Gasteiger partial charge in [0, 0.05) is 23.6 Å². The molecule has 0 unspecified atom stereocenters. The van der Waals surface area contributed by atoms with Gasteiger partial charge in [-0.05, 0) is 64.7 Å². The number of aliphatic hydroxyl groups excluding tert-OH is 9. The molecule has 57 heavy (non-hydrogen) atoms. The molecule has 12 atom stereocenters. The fourth-order valence-corrected chi connectivity index (χ4v) is 6.79. The number of aromatic hydroxyl groups is 4. The predicted octanol–water partition coefficient (Wildman–Crippen LogP) is -0.0977. The smallest absolute Gasteiger partial charge is 0.229 e. The second-order valence-electron chi connectivity index (χ2n) is 13.8. The van der Waals surface area contributed by atoms with Gasteiger partial charge in [-0.1, -0.05) is 36.4 Å². The number of phenols is 4. The van der Waals surface area contributed by atoms with Crippen LogP contribution >= 0.6 is 0 Å². The average Bonchev–Trinajstić information content (AvgIpc) is 3.19. The van der Waals surface area contributed by atoms with Gasteiger partial charge in [0.1, 0.15) is 83.3 Å². The zero-order valence-electron chi connectivity index (χ0n) is 29.9. The molecular weight excluding hydrogens is 752 g/mol. The molecule has 17 nitrogen and oxygen atoms in total. The lowest BCUT2D eigenvalue weighted by molar-refractivity contribution is -0.277. The number of ether oxygens (including phenoxy) is 4. The van der Waals surface area contributed by atoms with E-state index in [1.807, 2.05) is 0 Å². The number of benzene rings is 4. The maximum atomic E-state index is 12.4. The van der Waals surface area contributed by atoms with E-state index in [1.54, 1.807) is 24.3 Å². The summed E-state index contributed by atoms with van der Waals surface area (Å²) in [5, 5.41) is 137. The van der Waals surface area contributed by atoms with Gasteiger partial charge in [0.05, 0.1) is 19.3 Å². The minimum absolute atomic E-state index is 0.0110. The number of aliphatic hydroxyl groups is 9. The quantitative estimate of drug-likeness (QED) is 0.0833. The van der Waals surface area contributed by atoms with Crippen LogP contribution in [0.1, 0.15) is 39.8 Å². The first kappa shape index (κ1) is 41.6. The highest BCUT2D eigenvalue weighted by atomic mass is 16.7. The lowest BCUT2D eigenvalue weighted by Crippen LogP contribution is -2.60. The van der Waals surface area contributed by atoms with Gasteiger partial charge < -0.3 is 85.3 Å². The van der Waals surface area contributed by atoms with Crippen molar-refractivity contribution in [2.24, 2.45) is 0 Å². The molecule has 0 radical (unpaired) electrons. The second kappa shape index (κ2) is 17.6. The topological polar surface area (TPSA) is 300 Å². The van der Waals surface area contributed by atoms with Gasteiger partial charge in [-0.2, -0.15) is 0 Å². The summed E-state index contributed by atoms with van der Waals surface area (Å²) in [6.45, 7) is -1.50. The molecule has 0 aromatic heterocycles. The normalized spacial score (nSPS) is 28.9. The standard InChI is InChI=1S/C40H44O17/c41-16-28-33(48)35(50)37(52)39(56-28)54-26-13-21(12-24(45)14-26)32(47)31(19-5-9-23(44)10-6-19)30-20(4-1-18-2-7-22(43)8-3-18)11-25(46)15-27(30)55-40-38(53)36(51)34(49)29(17-42)57-40/h1-15,28-29,31-53H,16-17H2/b4-1+/t28-,29-,31+,32+,33-,34-,35+,36+,37-,38-,39-,40-/m1/s1. The van der Waals surface area contributed by atoms with E-state index >= 15 is 0 Å². The SMILES string of the molecule is OC[C@H]1O[C@@H](Oc2cc(O)cc([C@H](O)[C@@H](c3ccc(O)cc3)c3c(/C=C/c4ccc(O)cc4)cc(O)cc3O[C@@H]3O[C@H](CO)[C@@H](O)[C@H](O)[C@H]3O)c2)[C@H](O)[C@@H](O)[C@@H]1O. The van der Waals surface area contributed by atoms with Crippen molar-refractivity contribution in [2.75, 3.05) is 13.2 Å². The summed E-state index contributed by atoms with van der Waals surface area (Å²) in [7, 11) is 0. The van der Waals surface area contributed by atoms with Gasteiger partial charge in [-0.15, -0.1) is 0 Å². The van der Waals surface area contributed by atoms with Crippen LogP contribution in [0.5, 0.6) is 34.5 Å². The molecular formula is C40H44O17. The molecule has 0 aliphatic carbocycles. The number of hydrogen-bond donors (Lipinski definition) is 13. The Kier molecular flexibility index (Phi) is 12.9. The highest BCUT2D eigenvalue weighted by molar-refractivity contribution is 5.75. The third kappa shape index (κ3) is 9.09. The predicted molar refractivity (Wildman–Crippen MR) is 197 cm³/mol. The Morgan fingerprint density at radius 3 is 1.63 bits per heavy atom. The van der Waals surface area contributed by atoms with Crippen LogP contribution in [0.2, 0.25) is 0 Å². The summed E-state index contributed by atoms with van der Waals surface area (Å²) in [5.41, 5.74) is 1.22. The van der Waals surface area contributed by atoms with Crippen molar-refractivity contribution in [1.82, 2.24) is 0 Å². The Balaban J connectivity index is 1.49. The van der Waals surface area contributed by atoms with Crippen molar-refractivity contribution in [2.45, 2.75) is 73.4 Å². The highest BCUT2D eigenvalue weighted by Crippen LogP contribution is 2.47. The van der Waals surface area contributed by atoms with Crippen LogP contribution in [-0.4, -0.2) is 141 Å². The largest absolute Gasteiger partial charge is 0.508 e. The minimum Gasteiger partial charge on any atom is -0.508 e. The van der Waals surface area contributed by atoms with Crippen molar-refractivity contribution in [3.8, 4) is 34.5 Å². The van der Waals surface area contributed by atoms with Crippen LogP contribution in [0.25, 0.3) is 12.2 Å². The van der Waals surface area contributed by atoms with Gasteiger partial charge in [0.15, 0.2) is 0 Å². The second-order valence-corrected chi connectivity index (χ2v) is 13.8. The summed E-state index contributed by atoms with van der Waals surface area (Å²) in [4.78, 5) is 0. The molecule has 13 N–H and O–H groups in total. The zero-order valence-corrected chi connectivity index (χ0v) is 29.9. The van der Waals surface area contributed by atoms with E-state index in [4.69, 9.17) is 18.9 Å². The Morgan fingerprint density at radius 1 is 0.544 bits per heavy atom. The first-order chi connectivity index (χ1) is 27.2. The molecule has 2 aliphatic rings. The van der Waals surface area contributed by atoms with Crippen molar-refractivity contribution >= 4 is 12.2 Å². The number of hydrogen-bond acceptors (Lipinski definition) is 17. The highest BCUT2D eigenvalue weighted by Gasteiger charge is 2.46. The Bertz CT molecular complexity index is 1990. The summed E-state index contributed by atoms with van der Waals surface area (Å²) >= 11 is 0. The van der Waals surface area contributed by atoms with E-state index < -0.39 is 92.4 Å². The third-order valence-electron chi connectivity index (χ3n) is 9.83. The molecule has 2 saturated heterocycles. The van der Waals surface area contributed by atoms with Crippen LogP contribution in [0.4, 0.5) is 0 Å². The fourth-order valence-electron chi connectivity index (χ4n) is 6.79. The van der Waals surface area contributed by atoms with Gasteiger partial charge in [-0.3, -0.25) is 0 Å². The lowest BCUT2D eigenvalue weighted by Gasteiger charge is -2.40. The fraction of sp³-hybridized carbons (Fsp3) is 0.350. The molecule has 2 aliphatic heterocycles. The summed E-state index contributed by atoms with van der Waals surface area (Å²) < 4.78 is 22.9. The van der Waals surface area contributed by atoms with Gasteiger partial charge >= 0.3 is 0 Å². The zero-order chi connectivity index (χ0) is 41.1. The monoisotopic (exact) mass is 796 g/mol. The van der Waals surface area contributed by atoms with Gasteiger partial charge in [0.25, 0.3) is 0 Å². The molecule has 0 saturated carbocycles. The first-order valence-electron chi connectivity index (χ1n) is 17.8. The Morgan fingerprint density at radius 2 is 1.07 bits per heavy atom. The molecule has 6 rings (SSSR count). The molecule has 4 aromatic rings. The molecule has 4 aromatic carbocycles. The van der Waals surface area contributed by atoms with Crippen molar-refractivity contribution in [3.63, 3.8) is 0 Å². The van der Waals surface area contributed by atoms with Gasteiger partial charge in [0.2, 0.25) is 12.6 Å². The van der Waals surface area contributed by atoms with Crippen molar-refractivity contribution in [3.05, 3.63) is 107 Å². The molecule has 2 fully saturated rings. The Labute approximate surface area is 325 Å². The number of phenolic OH excluding ortho intramolecular Hbond substituents is 4. The van der Waals surface area contributed by atoms with Crippen LogP contribution in [0.3, 0.4) is 0 Å².